The Bertz CT molecular complexity index is 432. The zero-order valence-electron chi connectivity index (χ0n) is 11.4. The van der Waals surface area contributed by atoms with Gasteiger partial charge in [0, 0.05) is 29.7 Å². The number of thioether (sulfide) groups is 1. The summed E-state index contributed by atoms with van der Waals surface area (Å²) >= 11 is 1.85. The molecule has 102 valence electrons. The number of benzene rings is 1. The van der Waals surface area contributed by atoms with E-state index in [1.165, 1.54) is 4.90 Å². The van der Waals surface area contributed by atoms with Gasteiger partial charge in [0.2, 0.25) is 5.91 Å². The maximum Gasteiger partial charge on any atom is 0.226 e. The summed E-state index contributed by atoms with van der Waals surface area (Å²) in [5, 5.41) is 0. The van der Waals surface area contributed by atoms with Crippen molar-refractivity contribution in [2.75, 3.05) is 18.8 Å². The Morgan fingerprint density at radius 1 is 1.42 bits per heavy atom. The maximum absolute atomic E-state index is 12.2. The quantitative estimate of drug-likeness (QED) is 0.585. The molecule has 2 nitrogen and oxygen atoms in total. The minimum Gasteiger partial charge on any atom is -0.338 e. The second kappa shape index (κ2) is 6.80. The normalized spacial score (nSPS) is 22.8. The first kappa shape index (κ1) is 14.2. The summed E-state index contributed by atoms with van der Waals surface area (Å²) in [5.41, 5.74) is 0. The number of likely N-dealkylation sites (tertiary alicyclic amines) is 1. The van der Waals surface area contributed by atoms with E-state index in [1.807, 2.05) is 28.8 Å². The van der Waals surface area contributed by atoms with Gasteiger partial charge in [0.1, 0.15) is 0 Å². The van der Waals surface area contributed by atoms with Gasteiger partial charge in [0.15, 0.2) is 0 Å². The highest BCUT2D eigenvalue weighted by Gasteiger charge is 2.38. The van der Waals surface area contributed by atoms with Gasteiger partial charge >= 0.3 is 0 Å². The number of hydrogen-bond donors (Lipinski definition) is 0. The number of amides is 1. The maximum atomic E-state index is 12.2. The molecule has 1 aliphatic rings. The molecule has 2 atom stereocenters. The van der Waals surface area contributed by atoms with E-state index in [4.69, 9.17) is 0 Å². The molecule has 1 amide bonds. The Balaban J connectivity index is 1.95. The van der Waals surface area contributed by atoms with Crippen LogP contribution in [0.5, 0.6) is 0 Å². The summed E-state index contributed by atoms with van der Waals surface area (Å²) in [6.07, 6.45) is 2.75. The van der Waals surface area contributed by atoms with Gasteiger partial charge in [-0.25, -0.2) is 0 Å². The van der Waals surface area contributed by atoms with Gasteiger partial charge in [0.05, 0.1) is 0 Å². The van der Waals surface area contributed by atoms with Crippen molar-refractivity contribution in [2.24, 2.45) is 11.8 Å². The Morgan fingerprint density at radius 3 is 2.79 bits per heavy atom. The molecule has 1 heterocycles. The van der Waals surface area contributed by atoms with Crippen molar-refractivity contribution in [3.63, 3.8) is 0 Å². The van der Waals surface area contributed by atoms with Crippen LogP contribution < -0.4 is 0 Å². The zero-order chi connectivity index (χ0) is 13.7. The van der Waals surface area contributed by atoms with Gasteiger partial charge in [-0.15, -0.1) is 18.3 Å². The van der Waals surface area contributed by atoms with E-state index in [0.717, 1.165) is 18.7 Å². The Morgan fingerprint density at radius 2 is 2.16 bits per heavy atom. The van der Waals surface area contributed by atoms with E-state index in [1.54, 1.807) is 0 Å². The van der Waals surface area contributed by atoms with Crippen molar-refractivity contribution in [1.82, 2.24) is 4.90 Å². The van der Waals surface area contributed by atoms with Crippen LogP contribution in [-0.4, -0.2) is 29.6 Å². The van der Waals surface area contributed by atoms with E-state index in [2.05, 4.69) is 37.8 Å². The third-order valence-corrected chi connectivity index (χ3v) is 4.85. The fourth-order valence-corrected chi connectivity index (χ4v) is 3.75. The average molecular weight is 275 g/mol. The molecule has 19 heavy (non-hydrogen) atoms. The van der Waals surface area contributed by atoms with Crippen LogP contribution in [0.1, 0.15) is 13.3 Å². The molecule has 0 unspecified atom stereocenters. The highest BCUT2D eigenvalue weighted by Crippen LogP contribution is 2.32. The molecule has 0 spiro atoms. The standard InChI is InChI=1S/C16H21NOS/c1-3-10-17-11-13(15(4-2)16(17)18)12-19-14-8-6-5-7-9-14/h3,5-9,13,15H,1,4,10-12H2,2H3/t13-,15-/m1/s1. The Labute approximate surface area is 119 Å². The molecule has 1 aromatic carbocycles. The second-order valence-electron chi connectivity index (χ2n) is 4.93. The third-order valence-electron chi connectivity index (χ3n) is 3.65. The van der Waals surface area contributed by atoms with Crippen LogP contribution in [0.2, 0.25) is 0 Å². The summed E-state index contributed by atoms with van der Waals surface area (Å²) in [5.74, 6) is 1.97. The summed E-state index contributed by atoms with van der Waals surface area (Å²) in [7, 11) is 0. The van der Waals surface area contributed by atoms with Crippen LogP contribution in [0.4, 0.5) is 0 Å². The SMILES string of the molecule is C=CCN1C[C@H](CSc2ccccc2)[C@@H](CC)C1=O. The average Bonchev–Trinajstić information content (AvgIpc) is 2.74. The fourth-order valence-electron chi connectivity index (χ4n) is 2.65. The molecule has 0 bridgehead atoms. The Hall–Kier alpha value is -1.22. The lowest BCUT2D eigenvalue weighted by Crippen LogP contribution is -2.27. The van der Waals surface area contributed by atoms with Crippen LogP contribution in [0.15, 0.2) is 47.9 Å². The van der Waals surface area contributed by atoms with Crippen molar-refractivity contribution < 1.29 is 4.79 Å². The third kappa shape index (κ3) is 3.41. The van der Waals surface area contributed by atoms with Gasteiger partial charge in [-0.05, 0) is 24.5 Å². The molecule has 1 fully saturated rings. The van der Waals surface area contributed by atoms with Crippen LogP contribution in [0.3, 0.4) is 0 Å². The molecule has 3 heteroatoms. The topological polar surface area (TPSA) is 20.3 Å². The smallest absolute Gasteiger partial charge is 0.226 e. The number of carbonyl (C=O) groups is 1. The Kier molecular flexibility index (Phi) is 5.08. The summed E-state index contributed by atoms with van der Waals surface area (Å²) < 4.78 is 0. The van der Waals surface area contributed by atoms with Gasteiger partial charge < -0.3 is 4.90 Å². The largest absolute Gasteiger partial charge is 0.338 e. The van der Waals surface area contributed by atoms with Crippen molar-refractivity contribution >= 4 is 17.7 Å². The lowest BCUT2D eigenvalue weighted by molar-refractivity contribution is -0.130. The molecule has 0 radical (unpaired) electrons. The number of hydrogen-bond acceptors (Lipinski definition) is 2. The first-order valence-corrected chi connectivity index (χ1v) is 7.82. The molecule has 0 N–H and O–H groups in total. The van der Waals surface area contributed by atoms with Gasteiger partial charge in [-0.2, -0.15) is 0 Å². The predicted molar refractivity (Wildman–Crippen MR) is 81.2 cm³/mol. The van der Waals surface area contributed by atoms with Gasteiger partial charge in [0.25, 0.3) is 0 Å². The number of nitrogens with zero attached hydrogens (tertiary/aromatic N) is 1. The van der Waals surface area contributed by atoms with Crippen LogP contribution >= 0.6 is 11.8 Å². The van der Waals surface area contributed by atoms with E-state index >= 15 is 0 Å². The molecule has 1 aliphatic heterocycles. The number of rotatable bonds is 6. The molecule has 1 aromatic rings. The zero-order valence-corrected chi connectivity index (χ0v) is 12.2. The van der Waals surface area contributed by atoms with E-state index in [0.29, 0.717) is 18.4 Å². The van der Waals surface area contributed by atoms with Crippen molar-refractivity contribution in [1.29, 1.82) is 0 Å². The van der Waals surface area contributed by atoms with Crippen LogP contribution in [-0.2, 0) is 4.79 Å². The first-order valence-electron chi connectivity index (χ1n) is 6.83. The lowest BCUT2D eigenvalue weighted by atomic mass is 9.95. The highest BCUT2D eigenvalue weighted by atomic mass is 32.2. The fraction of sp³-hybridized carbons (Fsp3) is 0.438. The molecule has 0 saturated carbocycles. The summed E-state index contributed by atoms with van der Waals surface area (Å²) in [6, 6.07) is 10.4. The monoisotopic (exact) mass is 275 g/mol. The molecule has 2 rings (SSSR count). The summed E-state index contributed by atoms with van der Waals surface area (Å²) in [6.45, 7) is 7.40. The van der Waals surface area contributed by atoms with Crippen molar-refractivity contribution in [3.8, 4) is 0 Å². The van der Waals surface area contributed by atoms with Gasteiger partial charge in [-0.1, -0.05) is 31.2 Å². The number of carbonyl (C=O) groups excluding carboxylic acids is 1. The minimum atomic E-state index is 0.191. The molecule has 1 saturated heterocycles. The highest BCUT2D eigenvalue weighted by molar-refractivity contribution is 7.99. The van der Waals surface area contributed by atoms with E-state index in [9.17, 15) is 4.79 Å². The van der Waals surface area contributed by atoms with Crippen LogP contribution in [0.25, 0.3) is 0 Å². The minimum absolute atomic E-state index is 0.191. The first-order chi connectivity index (χ1) is 9.26. The van der Waals surface area contributed by atoms with Gasteiger partial charge in [-0.3, -0.25) is 4.79 Å². The van der Waals surface area contributed by atoms with Crippen molar-refractivity contribution in [2.45, 2.75) is 18.2 Å². The predicted octanol–water partition coefficient (Wildman–Crippen LogP) is 3.45. The van der Waals surface area contributed by atoms with E-state index in [-0.39, 0.29) is 5.92 Å². The van der Waals surface area contributed by atoms with Crippen molar-refractivity contribution in [3.05, 3.63) is 43.0 Å². The van der Waals surface area contributed by atoms with E-state index < -0.39 is 0 Å². The molecular weight excluding hydrogens is 254 g/mol. The van der Waals surface area contributed by atoms with Crippen LogP contribution in [0, 0.1) is 11.8 Å². The lowest BCUT2D eigenvalue weighted by Gasteiger charge is -2.14. The second-order valence-corrected chi connectivity index (χ2v) is 6.02. The molecule has 0 aromatic heterocycles. The summed E-state index contributed by atoms with van der Waals surface area (Å²) in [4.78, 5) is 15.4. The molecular formula is C16H21NOS. The molecule has 0 aliphatic carbocycles.